The molecule has 1 aliphatic heterocycles. The number of furan rings is 1. The van der Waals surface area contributed by atoms with Gasteiger partial charge < -0.3 is 18.5 Å². The highest BCUT2D eigenvalue weighted by atomic mass is 32.2. The van der Waals surface area contributed by atoms with Crippen molar-refractivity contribution in [1.29, 1.82) is 0 Å². The van der Waals surface area contributed by atoms with E-state index in [0.29, 0.717) is 17.1 Å². The van der Waals surface area contributed by atoms with Crippen LogP contribution in [0.4, 0.5) is 10.8 Å². The number of nitrogens with one attached hydrogen (secondary N) is 1. The lowest BCUT2D eigenvalue weighted by molar-refractivity contribution is 0.0933. The number of hydrogen-bond acceptors (Lipinski definition) is 9. The molecule has 0 unspecified atom stereocenters. The third kappa shape index (κ3) is 5.20. The molecule has 12 nitrogen and oxygen atoms in total. The number of anilines is 1. The zero-order valence-electron chi connectivity index (χ0n) is 19.5. The van der Waals surface area contributed by atoms with Gasteiger partial charge in [-0.2, -0.15) is 4.31 Å². The molecule has 0 spiro atoms. The van der Waals surface area contributed by atoms with E-state index in [-0.39, 0.29) is 55.2 Å². The van der Waals surface area contributed by atoms with Crippen molar-refractivity contribution < 1.29 is 31.6 Å². The largest absolute Gasteiger partial charge is 0.466 e. The fourth-order valence-electron chi connectivity index (χ4n) is 3.65. The average molecular weight is 504 g/mol. The van der Waals surface area contributed by atoms with Crippen LogP contribution in [0.5, 0.6) is 0 Å². The summed E-state index contributed by atoms with van der Waals surface area (Å²) in [7, 11) is -3.78. The minimum Gasteiger partial charge on any atom is -0.466 e. The quantitative estimate of drug-likeness (QED) is 0.536. The van der Waals surface area contributed by atoms with Crippen molar-refractivity contribution in [3.63, 3.8) is 0 Å². The highest BCUT2D eigenvalue weighted by molar-refractivity contribution is 7.89. The molecular formula is C22H25N5O7S. The summed E-state index contributed by atoms with van der Waals surface area (Å²) >= 11 is 0. The third-order valence-electron chi connectivity index (χ3n) is 5.44. The summed E-state index contributed by atoms with van der Waals surface area (Å²) in [6.45, 7) is 6.31. The molecule has 4 rings (SSSR count). The topological polar surface area (TPSA) is 148 Å². The highest BCUT2D eigenvalue weighted by Crippen LogP contribution is 2.26. The summed E-state index contributed by atoms with van der Waals surface area (Å²) in [6, 6.07) is 7.18. The Morgan fingerprint density at radius 3 is 2.34 bits per heavy atom. The predicted octanol–water partition coefficient (Wildman–Crippen LogP) is 2.66. The second-order valence-corrected chi connectivity index (χ2v) is 9.75. The Kier molecular flexibility index (Phi) is 6.89. The number of amides is 2. The van der Waals surface area contributed by atoms with Crippen LogP contribution in [0.2, 0.25) is 0 Å². The standard InChI is InChI=1S/C22H25N5O7S/c1-4-32-22(29)26-9-11-27(12-10-26)35(30,31)17-7-5-16(6-8-17)19(28)23-21-25-24-20(34-21)18-13-14(2)33-15(18)3/h5-8,13H,4,9-12H2,1-3H3,(H,23,25,28). The van der Waals surface area contributed by atoms with Gasteiger partial charge in [-0.3, -0.25) is 10.1 Å². The Hall–Kier alpha value is -3.71. The van der Waals surface area contributed by atoms with Gasteiger partial charge in [-0.05, 0) is 51.1 Å². The molecule has 0 aliphatic carbocycles. The molecule has 0 saturated carbocycles. The van der Waals surface area contributed by atoms with Gasteiger partial charge in [-0.1, -0.05) is 5.10 Å². The number of nitrogens with zero attached hydrogens (tertiary/aromatic N) is 4. The van der Waals surface area contributed by atoms with Crippen LogP contribution in [-0.2, 0) is 14.8 Å². The number of sulfonamides is 1. The molecule has 1 fully saturated rings. The molecule has 13 heteroatoms. The number of carbonyl (C=O) groups excluding carboxylic acids is 2. The van der Waals surface area contributed by atoms with Crippen molar-refractivity contribution in [2.75, 3.05) is 38.1 Å². The van der Waals surface area contributed by atoms with E-state index < -0.39 is 22.0 Å². The molecule has 3 aromatic rings. The first-order valence-electron chi connectivity index (χ1n) is 10.9. The number of aryl methyl sites for hydroxylation is 2. The summed E-state index contributed by atoms with van der Waals surface area (Å²) in [6.07, 6.45) is -0.455. The third-order valence-corrected chi connectivity index (χ3v) is 7.35. The van der Waals surface area contributed by atoms with Gasteiger partial charge in [0.2, 0.25) is 10.0 Å². The maximum absolute atomic E-state index is 13.0. The lowest BCUT2D eigenvalue weighted by Crippen LogP contribution is -2.50. The van der Waals surface area contributed by atoms with E-state index in [2.05, 4.69) is 15.5 Å². The number of benzene rings is 1. The van der Waals surface area contributed by atoms with Crippen molar-refractivity contribution in [2.45, 2.75) is 25.7 Å². The molecule has 0 bridgehead atoms. The Morgan fingerprint density at radius 1 is 1.06 bits per heavy atom. The van der Waals surface area contributed by atoms with Crippen LogP contribution in [0.15, 0.2) is 44.1 Å². The molecule has 3 heterocycles. The lowest BCUT2D eigenvalue weighted by atomic mass is 10.2. The molecule has 186 valence electrons. The zero-order chi connectivity index (χ0) is 25.2. The van der Waals surface area contributed by atoms with Crippen LogP contribution in [-0.4, -0.2) is 72.6 Å². The summed E-state index contributed by atoms with van der Waals surface area (Å²) in [5, 5.41) is 10.3. The molecule has 1 aliphatic rings. The Morgan fingerprint density at radius 2 is 1.74 bits per heavy atom. The van der Waals surface area contributed by atoms with Crippen molar-refractivity contribution in [3.8, 4) is 11.5 Å². The Bertz CT molecular complexity index is 1320. The van der Waals surface area contributed by atoms with E-state index in [9.17, 15) is 18.0 Å². The number of carbonyl (C=O) groups is 2. The maximum atomic E-state index is 13.0. The number of rotatable bonds is 6. The SMILES string of the molecule is CCOC(=O)N1CCN(S(=O)(=O)c2ccc(C(=O)Nc3nnc(-c4cc(C)oc4C)o3)cc2)CC1. The predicted molar refractivity (Wildman–Crippen MR) is 123 cm³/mol. The fraction of sp³-hybridized carbons (Fsp3) is 0.364. The Labute approximate surface area is 201 Å². The molecule has 1 aromatic carbocycles. The summed E-state index contributed by atoms with van der Waals surface area (Å²) in [4.78, 5) is 25.9. The minimum absolute atomic E-state index is 0.0458. The van der Waals surface area contributed by atoms with Gasteiger partial charge >= 0.3 is 12.1 Å². The first kappa shape index (κ1) is 24.4. The minimum atomic E-state index is -3.78. The molecule has 2 aromatic heterocycles. The molecule has 1 N–H and O–H groups in total. The normalized spacial score (nSPS) is 14.7. The lowest BCUT2D eigenvalue weighted by Gasteiger charge is -2.33. The summed E-state index contributed by atoms with van der Waals surface area (Å²) < 4.78 is 43.2. The van der Waals surface area contributed by atoms with Crippen LogP contribution >= 0.6 is 0 Å². The Balaban J connectivity index is 1.39. The fourth-order valence-corrected chi connectivity index (χ4v) is 5.07. The monoisotopic (exact) mass is 503 g/mol. The average Bonchev–Trinajstić information content (AvgIpc) is 3.44. The van der Waals surface area contributed by atoms with E-state index in [1.807, 2.05) is 0 Å². The molecule has 2 amide bonds. The van der Waals surface area contributed by atoms with E-state index >= 15 is 0 Å². The van der Waals surface area contributed by atoms with E-state index in [1.54, 1.807) is 26.8 Å². The second kappa shape index (κ2) is 9.88. The molecule has 35 heavy (non-hydrogen) atoms. The van der Waals surface area contributed by atoms with Gasteiger partial charge in [-0.25, -0.2) is 13.2 Å². The van der Waals surface area contributed by atoms with Gasteiger partial charge in [0, 0.05) is 31.7 Å². The number of piperazine rings is 1. The van der Waals surface area contributed by atoms with Crippen LogP contribution in [0, 0.1) is 13.8 Å². The second-order valence-electron chi connectivity index (χ2n) is 7.81. The first-order chi connectivity index (χ1) is 16.7. The van der Waals surface area contributed by atoms with Crippen molar-refractivity contribution >= 4 is 28.0 Å². The summed E-state index contributed by atoms with van der Waals surface area (Å²) in [5.41, 5.74) is 0.847. The maximum Gasteiger partial charge on any atom is 0.409 e. The molecular weight excluding hydrogens is 478 g/mol. The molecule has 0 radical (unpaired) electrons. The van der Waals surface area contributed by atoms with E-state index in [1.165, 1.54) is 33.5 Å². The first-order valence-corrected chi connectivity index (χ1v) is 12.4. The van der Waals surface area contributed by atoms with E-state index in [4.69, 9.17) is 13.6 Å². The van der Waals surface area contributed by atoms with Gasteiger partial charge in [0.05, 0.1) is 17.1 Å². The van der Waals surface area contributed by atoms with Crippen molar-refractivity contribution in [1.82, 2.24) is 19.4 Å². The molecule has 0 atom stereocenters. The summed E-state index contributed by atoms with van der Waals surface area (Å²) in [5.74, 6) is 0.978. The number of aromatic nitrogens is 2. The zero-order valence-corrected chi connectivity index (χ0v) is 20.3. The van der Waals surface area contributed by atoms with Crippen LogP contribution in [0.25, 0.3) is 11.5 Å². The number of hydrogen-bond donors (Lipinski definition) is 1. The van der Waals surface area contributed by atoms with Gasteiger partial charge in [0.25, 0.3) is 11.8 Å². The van der Waals surface area contributed by atoms with Crippen molar-refractivity contribution in [2.24, 2.45) is 0 Å². The van der Waals surface area contributed by atoms with Gasteiger partial charge in [0.15, 0.2) is 0 Å². The van der Waals surface area contributed by atoms with Crippen LogP contribution < -0.4 is 5.32 Å². The van der Waals surface area contributed by atoms with Crippen molar-refractivity contribution in [3.05, 3.63) is 47.4 Å². The van der Waals surface area contributed by atoms with Gasteiger partial charge in [-0.15, -0.1) is 5.10 Å². The molecule has 1 saturated heterocycles. The highest BCUT2D eigenvalue weighted by Gasteiger charge is 2.30. The van der Waals surface area contributed by atoms with Gasteiger partial charge in [0.1, 0.15) is 11.5 Å². The number of ether oxygens (including phenoxy) is 1. The smallest absolute Gasteiger partial charge is 0.409 e. The van der Waals surface area contributed by atoms with Crippen LogP contribution in [0.1, 0.15) is 28.8 Å². The van der Waals surface area contributed by atoms with E-state index in [0.717, 1.165) is 0 Å². The van der Waals surface area contributed by atoms with Crippen LogP contribution in [0.3, 0.4) is 0 Å².